The zero-order chi connectivity index (χ0) is 21.0. The molecule has 0 bridgehead atoms. The molecule has 0 heterocycles. The molecule has 0 amide bonds. The third kappa shape index (κ3) is 5.17. The Morgan fingerprint density at radius 1 is 0.966 bits per heavy atom. The first-order valence-corrected chi connectivity index (χ1v) is 9.73. The molecule has 29 heavy (non-hydrogen) atoms. The second-order valence-electron chi connectivity index (χ2n) is 7.46. The maximum atomic E-state index is 14.4. The smallest absolute Gasteiger partial charge is 0.426 e. The van der Waals surface area contributed by atoms with Crippen LogP contribution in [0.1, 0.15) is 56.1 Å². The summed E-state index contributed by atoms with van der Waals surface area (Å²) in [6, 6.07) is 6.61. The number of hydrogen-bond donors (Lipinski definition) is 0. The van der Waals surface area contributed by atoms with E-state index in [0.717, 1.165) is 37.7 Å². The molecular weight excluding hydrogens is 387 g/mol. The summed E-state index contributed by atoms with van der Waals surface area (Å²) >= 11 is 0. The minimum absolute atomic E-state index is 0.334. The zero-order valence-corrected chi connectivity index (χ0v) is 16.1. The number of allylic oxidation sites excluding steroid dienone is 2. The Hall–Kier alpha value is -2.37. The highest BCUT2D eigenvalue weighted by Gasteiger charge is 2.35. The fraction of sp³-hybridized carbons (Fsp3) is 0.391. The van der Waals surface area contributed by atoms with Crippen LogP contribution in [0.15, 0.2) is 48.6 Å². The maximum absolute atomic E-state index is 14.4. The van der Waals surface area contributed by atoms with Crippen LogP contribution in [0.4, 0.5) is 22.0 Å². The Kier molecular flexibility index (Phi) is 6.60. The Morgan fingerprint density at radius 2 is 1.55 bits per heavy atom. The molecule has 1 fully saturated rings. The lowest BCUT2D eigenvalue weighted by molar-refractivity contribution is -0.185. The molecule has 1 saturated carbocycles. The van der Waals surface area contributed by atoms with Crippen molar-refractivity contribution in [3.63, 3.8) is 0 Å². The van der Waals surface area contributed by atoms with Gasteiger partial charge in [0.15, 0.2) is 17.5 Å². The van der Waals surface area contributed by atoms with Gasteiger partial charge in [-0.15, -0.1) is 0 Å². The van der Waals surface area contributed by atoms with E-state index in [9.17, 15) is 22.0 Å². The van der Waals surface area contributed by atoms with Crippen LogP contribution in [0.5, 0.6) is 5.75 Å². The first-order chi connectivity index (χ1) is 13.8. The van der Waals surface area contributed by atoms with Gasteiger partial charge in [0.1, 0.15) is 5.75 Å². The molecule has 0 N–H and O–H groups in total. The summed E-state index contributed by atoms with van der Waals surface area (Å²) in [4.78, 5) is 0. The lowest BCUT2D eigenvalue weighted by Crippen LogP contribution is -2.22. The molecule has 0 unspecified atom stereocenters. The van der Waals surface area contributed by atoms with E-state index in [0.29, 0.717) is 24.0 Å². The van der Waals surface area contributed by atoms with Crippen LogP contribution < -0.4 is 4.74 Å². The Labute approximate surface area is 167 Å². The van der Waals surface area contributed by atoms with E-state index >= 15 is 0 Å². The molecule has 0 aliphatic heterocycles. The van der Waals surface area contributed by atoms with Crippen LogP contribution in [-0.4, -0.2) is 0 Å². The van der Waals surface area contributed by atoms with Gasteiger partial charge in [0.25, 0.3) is 0 Å². The monoisotopic (exact) mass is 410 g/mol. The number of halogens is 5. The molecule has 1 aliphatic rings. The molecule has 1 nitrogen and oxygen atoms in total. The van der Waals surface area contributed by atoms with E-state index in [1.165, 1.54) is 12.1 Å². The Morgan fingerprint density at radius 3 is 2.10 bits per heavy atom. The molecule has 6 heteroatoms. The second-order valence-corrected chi connectivity index (χ2v) is 7.46. The van der Waals surface area contributed by atoms with Crippen LogP contribution >= 0.6 is 0 Å². The normalized spacial score (nSPS) is 20.2. The standard InChI is InChI=1S/C23H23F5O/c1-2-3-4-15-5-7-16(8-6-15)17-9-11-18(12-10-17)23(27,28)29-19-13-20(24)22(26)21(25)14-19/h2-3,9-16H,4-8H2,1H3/b3-2+. The number of rotatable bonds is 6. The lowest BCUT2D eigenvalue weighted by atomic mass is 9.77. The highest BCUT2D eigenvalue weighted by Crippen LogP contribution is 2.39. The molecule has 2 aromatic rings. The molecule has 3 rings (SSSR count). The maximum Gasteiger partial charge on any atom is 0.426 e. The first kappa shape index (κ1) is 21.3. The first-order valence-electron chi connectivity index (χ1n) is 9.73. The van der Waals surface area contributed by atoms with Gasteiger partial charge in [-0.3, -0.25) is 0 Å². The Bertz CT molecular complexity index is 829. The van der Waals surface area contributed by atoms with Crippen LogP contribution in [0.2, 0.25) is 0 Å². The molecule has 0 spiro atoms. The fourth-order valence-corrected chi connectivity index (χ4v) is 3.81. The summed E-state index contributed by atoms with van der Waals surface area (Å²) in [6.07, 6.45) is 5.76. The van der Waals surface area contributed by atoms with Crippen LogP contribution in [0.3, 0.4) is 0 Å². The predicted octanol–water partition coefficient (Wildman–Crippen LogP) is 7.47. The van der Waals surface area contributed by atoms with Crippen LogP contribution in [0, 0.1) is 23.4 Å². The van der Waals surface area contributed by atoms with Gasteiger partial charge in [-0.2, -0.15) is 8.78 Å². The van der Waals surface area contributed by atoms with E-state index in [2.05, 4.69) is 16.9 Å². The van der Waals surface area contributed by atoms with Crippen molar-refractivity contribution in [2.24, 2.45) is 5.92 Å². The van der Waals surface area contributed by atoms with Crippen molar-refractivity contribution in [1.29, 1.82) is 0 Å². The molecule has 2 aromatic carbocycles. The van der Waals surface area contributed by atoms with Crippen molar-refractivity contribution in [3.8, 4) is 5.75 Å². The number of benzene rings is 2. The Balaban J connectivity index is 1.66. The van der Waals surface area contributed by atoms with Gasteiger partial charge < -0.3 is 4.74 Å². The molecule has 0 aromatic heterocycles. The van der Waals surface area contributed by atoms with Crippen molar-refractivity contribution in [2.75, 3.05) is 0 Å². The molecule has 0 atom stereocenters. The highest BCUT2D eigenvalue weighted by atomic mass is 19.3. The minimum atomic E-state index is -3.81. The SMILES string of the molecule is C/C=C/CC1CCC(c2ccc(C(F)(F)Oc3cc(F)c(F)c(F)c3)cc2)CC1. The number of alkyl halides is 2. The average Bonchev–Trinajstić information content (AvgIpc) is 2.70. The van der Waals surface area contributed by atoms with Crippen LogP contribution in [-0.2, 0) is 6.11 Å². The van der Waals surface area contributed by atoms with E-state index in [4.69, 9.17) is 0 Å². The summed E-state index contributed by atoms with van der Waals surface area (Å²) < 4.78 is 72.7. The molecule has 0 saturated heterocycles. The van der Waals surface area contributed by atoms with E-state index in [1.54, 1.807) is 12.1 Å². The van der Waals surface area contributed by atoms with E-state index in [-0.39, 0.29) is 0 Å². The zero-order valence-electron chi connectivity index (χ0n) is 16.1. The van der Waals surface area contributed by atoms with Crippen LogP contribution in [0.25, 0.3) is 0 Å². The lowest BCUT2D eigenvalue weighted by Gasteiger charge is -2.28. The fourth-order valence-electron chi connectivity index (χ4n) is 3.81. The summed E-state index contributed by atoms with van der Waals surface area (Å²) in [5, 5.41) is 0. The summed E-state index contributed by atoms with van der Waals surface area (Å²) in [5.41, 5.74) is 0.557. The quantitative estimate of drug-likeness (QED) is 0.273. The topological polar surface area (TPSA) is 9.23 Å². The van der Waals surface area contributed by atoms with Gasteiger partial charge >= 0.3 is 6.11 Å². The van der Waals surface area contributed by atoms with Crippen molar-refractivity contribution in [3.05, 3.63) is 77.1 Å². The number of ether oxygens (including phenoxy) is 1. The van der Waals surface area contributed by atoms with Gasteiger partial charge in [-0.1, -0.05) is 24.3 Å². The largest absolute Gasteiger partial charge is 0.429 e. The van der Waals surface area contributed by atoms with Crippen molar-refractivity contribution >= 4 is 0 Å². The second kappa shape index (κ2) is 8.97. The molecule has 0 radical (unpaired) electrons. The van der Waals surface area contributed by atoms with Crippen molar-refractivity contribution in [1.82, 2.24) is 0 Å². The third-order valence-corrected chi connectivity index (χ3v) is 5.47. The summed E-state index contributed by atoms with van der Waals surface area (Å²) in [5.74, 6) is -4.68. The average molecular weight is 410 g/mol. The van der Waals surface area contributed by atoms with Gasteiger partial charge in [0.05, 0.1) is 5.56 Å². The summed E-state index contributed by atoms with van der Waals surface area (Å²) in [7, 11) is 0. The van der Waals surface area contributed by atoms with E-state index < -0.39 is 34.9 Å². The van der Waals surface area contributed by atoms with Gasteiger partial charge in [-0.05, 0) is 68.6 Å². The minimum Gasteiger partial charge on any atom is -0.429 e. The molecular formula is C23H23F5O. The molecule has 1 aliphatic carbocycles. The number of hydrogen-bond acceptors (Lipinski definition) is 1. The van der Waals surface area contributed by atoms with Crippen molar-refractivity contribution in [2.45, 2.75) is 51.1 Å². The van der Waals surface area contributed by atoms with E-state index in [1.807, 2.05) is 6.92 Å². The summed E-state index contributed by atoms with van der Waals surface area (Å²) in [6.45, 7) is 2.01. The van der Waals surface area contributed by atoms with Gasteiger partial charge in [0, 0.05) is 12.1 Å². The van der Waals surface area contributed by atoms with Crippen molar-refractivity contribution < 1.29 is 26.7 Å². The van der Waals surface area contributed by atoms with Gasteiger partial charge in [0.2, 0.25) is 0 Å². The molecule has 156 valence electrons. The predicted molar refractivity (Wildman–Crippen MR) is 101 cm³/mol. The van der Waals surface area contributed by atoms with Gasteiger partial charge in [-0.25, -0.2) is 13.2 Å². The third-order valence-electron chi connectivity index (χ3n) is 5.47. The highest BCUT2D eigenvalue weighted by molar-refractivity contribution is 5.30.